The maximum Gasteiger partial charge on any atom is 0.195 e. The number of ether oxygens (including phenoxy) is 1. The number of hydrogen-bond donors (Lipinski definition) is 0. The summed E-state index contributed by atoms with van der Waals surface area (Å²) >= 11 is 0. The summed E-state index contributed by atoms with van der Waals surface area (Å²) in [6, 6.07) is 0. The summed E-state index contributed by atoms with van der Waals surface area (Å²) in [7, 11) is 0. The maximum atomic E-state index is 5.36. The largest absolute Gasteiger partial charge is 0.474 e. The van der Waals surface area contributed by atoms with Gasteiger partial charge in [0, 0.05) is 12.4 Å². The summed E-state index contributed by atoms with van der Waals surface area (Å²) in [6.07, 6.45) is 11.1. The summed E-state index contributed by atoms with van der Waals surface area (Å²) in [5, 5.41) is 0. The van der Waals surface area contributed by atoms with E-state index in [2.05, 4.69) is 4.98 Å². The van der Waals surface area contributed by atoms with Gasteiger partial charge in [0.2, 0.25) is 0 Å². The van der Waals surface area contributed by atoms with Gasteiger partial charge in [-0.2, -0.15) is 0 Å². The molecule has 0 fully saturated rings. The number of imidazole rings is 1. The zero-order chi connectivity index (χ0) is 8.39. The highest BCUT2D eigenvalue weighted by molar-refractivity contribution is 5.08. The molecule has 0 aromatic carbocycles. The molecular weight excluding hydrogens is 152 g/mol. The first-order valence-electron chi connectivity index (χ1n) is 3.86. The fourth-order valence-corrected chi connectivity index (χ4v) is 1.19. The maximum absolute atomic E-state index is 5.36. The minimum absolute atomic E-state index is 0.0301. The van der Waals surface area contributed by atoms with Gasteiger partial charge in [-0.3, -0.25) is 4.57 Å². The molecule has 0 N–H and O–H groups in total. The van der Waals surface area contributed by atoms with Gasteiger partial charge in [0.1, 0.15) is 5.82 Å². The molecule has 2 rings (SSSR count). The quantitative estimate of drug-likeness (QED) is 0.629. The standard InChI is InChI=1S/C9H10N2O/c1-8-10-5-6-11(8)9-4-2-3-7-12-9/h2-7,9H,1H3. The number of allylic oxidation sites excluding steroid dienone is 2. The number of rotatable bonds is 1. The Labute approximate surface area is 71.0 Å². The van der Waals surface area contributed by atoms with Crippen LogP contribution in [0.3, 0.4) is 0 Å². The van der Waals surface area contributed by atoms with Crippen molar-refractivity contribution in [2.24, 2.45) is 0 Å². The van der Waals surface area contributed by atoms with E-state index in [1.54, 1.807) is 12.5 Å². The molecule has 0 saturated heterocycles. The van der Waals surface area contributed by atoms with E-state index >= 15 is 0 Å². The molecular formula is C9H10N2O. The normalized spacial score (nSPS) is 20.9. The van der Waals surface area contributed by atoms with E-state index in [0.29, 0.717) is 0 Å². The van der Waals surface area contributed by atoms with Crippen LogP contribution < -0.4 is 0 Å². The SMILES string of the molecule is Cc1nccn1C1C=CC=CO1. The van der Waals surface area contributed by atoms with Crippen LogP contribution in [0.15, 0.2) is 36.9 Å². The van der Waals surface area contributed by atoms with Crippen molar-refractivity contribution >= 4 is 0 Å². The lowest BCUT2D eigenvalue weighted by Crippen LogP contribution is -2.09. The fourth-order valence-electron chi connectivity index (χ4n) is 1.19. The molecule has 12 heavy (non-hydrogen) atoms. The third kappa shape index (κ3) is 1.13. The molecule has 0 radical (unpaired) electrons. The van der Waals surface area contributed by atoms with E-state index in [1.165, 1.54) is 0 Å². The third-order valence-corrected chi connectivity index (χ3v) is 1.82. The molecule has 2 heterocycles. The highest BCUT2D eigenvalue weighted by atomic mass is 16.5. The molecule has 3 nitrogen and oxygen atoms in total. The van der Waals surface area contributed by atoms with Gasteiger partial charge in [-0.25, -0.2) is 4.98 Å². The van der Waals surface area contributed by atoms with E-state index in [-0.39, 0.29) is 6.23 Å². The zero-order valence-corrected chi connectivity index (χ0v) is 6.84. The Hall–Kier alpha value is -1.51. The Morgan fingerprint density at radius 1 is 1.50 bits per heavy atom. The van der Waals surface area contributed by atoms with Crippen molar-refractivity contribution in [3.05, 3.63) is 42.7 Å². The Morgan fingerprint density at radius 2 is 2.42 bits per heavy atom. The van der Waals surface area contributed by atoms with Crippen LogP contribution in [0, 0.1) is 6.92 Å². The van der Waals surface area contributed by atoms with Crippen LogP contribution in [-0.4, -0.2) is 9.55 Å². The van der Waals surface area contributed by atoms with Crippen molar-refractivity contribution in [2.45, 2.75) is 13.2 Å². The van der Waals surface area contributed by atoms with Crippen LogP contribution >= 0.6 is 0 Å². The Bertz CT molecular complexity index is 325. The lowest BCUT2D eigenvalue weighted by atomic mass is 10.4. The molecule has 0 amide bonds. The molecule has 0 spiro atoms. The van der Waals surface area contributed by atoms with E-state index in [9.17, 15) is 0 Å². The van der Waals surface area contributed by atoms with Crippen LogP contribution in [-0.2, 0) is 4.74 Å². The summed E-state index contributed by atoms with van der Waals surface area (Å²) < 4.78 is 7.33. The molecule has 1 atom stereocenters. The van der Waals surface area contributed by atoms with Gasteiger partial charge >= 0.3 is 0 Å². The topological polar surface area (TPSA) is 27.1 Å². The van der Waals surface area contributed by atoms with Crippen molar-refractivity contribution in [1.82, 2.24) is 9.55 Å². The van der Waals surface area contributed by atoms with Crippen molar-refractivity contribution in [1.29, 1.82) is 0 Å². The minimum Gasteiger partial charge on any atom is -0.474 e. The van der Waals surface area contributed by atoms with E-state index in [0.717, 1.165) is 5.82 Å². The Balaban J connectivity index is 2.26. The molecule has 0 aliphatic carbocycles. The first kappa shape index (κ1) is 7.16. The molecule has 3 heteroatoms. The zero-order valence-electron chi connectivity index (χ0n) is 6.84. The first-order chi connectivity index (χ1) is 5.88. The first-order valence-corrected chi connectivity index (χ1v) is 3.86. The highest BCUT2D eigenvalue weighted by Gasteiger charge is 2.09. The second-order valence-corrected chi connectivity index (χ2v) is 2.62. The van der Waals surface area contributed by atoms with Gasteiger partial charge in [0.15, 0.2) is 6.23 Å². The van der Waals surface area contributed by atoms with Gasteiger partial charge in [-0.15, -0.1) is 0 Å². The molecule has 0 bridgehead atoms. The minimum atomic E-state index is -0.0301. The predicted octanol–water partition coefficient (Wildman–Crippen LogP) is 1.79. The van der Waals surface area contributed by atoms with Crippen LogP contribution in [0.4, 0.5) is 0 Å². The number of hydrogen-bond acceptors (Lipinski definition) is 2. The lowest BCUT2D eigenvalue weighted by Gasteiger charge is -2.17. The monoisotopic (exact) mass is 162 g/mol. The van der Waals surface area contributed by atoms with Gasteiger partial charge in [-0.05, 0) is 19.1 Å². The smallest absolute Gasteiger partial charge is 0.195 e. The lowest BCUT2D eigenvalue weighted by molar-refractivity contribution is 0.120. The fraction of sp³-hybridized carbons (Fsp3) is 0.222. The summed E-state index contributed by atoms with van der Waals surface area (Å²) in [6.45, 7) is 1.95. The van der Waals surface area contributed by atoms with Gasteiger partial charge in [-0.1, -0.05) is 6.08 Å². The molecule has 1 aliphatic rings. The van der Waals surface area contributed by atoms with Gasteiger partial charge in [0.05, 0.1) is 6.26 Å². The molecule has 62 valence electrons. The van der Waals surface area contributed by atoms with Gasteiger partial charge in [0.25, 0.3) is 0 Å². The summed E-state index contributed by atoms with van der Waals surface area (Å²) in [5.74, 6) is 0.958. The van der Waals surface area contributed by atoms with Crippen LogP contribution in [0.1, 0.15) is 12.1 Å². The molecule has 1 aliphatic heterocycles. The average Bonchev–Trinajstić information content (AvgIpc) is 2.53. The Morgan fingerprint density at radius 3 is 3.00 bits per heavy atom. The second-order valence-electron chi connectivity index (χ2n) is 2.62. The van der Waals surface area contributed by atoms with Crippen LogP contribution in [0.5, 0.6) is 0 Å². The van der Waals surface area contributed by atoms with Crippen molar-refractivity contribution in [3.8, 4) is 0 Å². The van der Waals surface area contributed by atoms with E-state index in [4.69, 9.17) is 4.74 Å². The van der Waals surface area contributed by atoms with Crippen LogP contribution in [0.25, 0.3) is 0 Å². The Kier molecular flexibility index (Phi) is 1.70. The summed E-state index contributed by atoms with van der Waals surface area (Å²) in [5.41, 5.74) is 0. The number of aryl methyl sites for hydroxylation is 1. The predicted molar refractivity (Wildman–Crippen MR) is 45.4 cm³/mol. The average molecular weight is 162 g/mol. The van der Waals surface area contributed by atoms with Crippen molar-refractivity contribution in [2.75, 3.05) is 0 Å². The molecule has 1 unspecified atom stereocenters. The van der Waals surface area contributed by atoms with E-state index in [1.807, 2.05) is 35.9 Å². The number of nitrogens with zero attached hydrogens (tertiary/aromatic N) is 2. The highest BCUT2D eigenvalue weighted by Crippen LogP contribution is 2.15. The van der Waals surface area contributed by atoms with Crippen molar-refractivity contribution < 1.29 is 4.74 Å². The van der Waals surface area contributed by atoms with E-state index < -0.39 is 0 Å². The molecule has 0 saturated carbocycles. The summed E-state index contributed by atoms with van der Waals surface area (Å²) in [4.78, 5) is 4.12. The second kappa shape index (κ2) is 2.85. The van der Waals surface area contributed by atoms with Gasteiger partial charge < -0.3 is 4.74 Å². The van der Waals surface area contributed by atoms with Crippen molar-refractivity contribution in [3.63, 3.8) is 0 Å². The van der Waals surface area contributed by atoms with Crippen LogP contribution in [0.2, 0.25) is 0 Å². The molecule has 1 aromatic rings. The number of aromatic nitrogens is 2. The molecule has 1 aromatic heterocycles. The third-order valence-electron chi connectivity index (χ3n) is 1.82.